The first-order valence-corrected chi connectivity index (χ1v) is 14.7. The third-order valence-corrected chi connectivity index (χ3v) is 6.47. The molecule has 0 spiro atoms. The second-order valence-corrected chi connectivity index (χ2v) is 14.4. The third-order valence-electron chi connectivity index (χ3n) is 6.47. The number of carbonyl (C=O) groups excluding carboxylic acids is 4. The molecule has 4 atom stereocenters. The zero-order valence-corrected chi connectivity index (χ0v) is 27.4. The van der Waals surface area contributed by atoms with Crippen LogP contribution in [0, 0.1) is 17.3 Å². The van der Waals surface area contributed by atoms with Gasteiger partial charge < -0.3 is 31.1 Å². The van der Waals surface area contributed by atoms with Crippen LogP contribution >= 0.6 is 0 Å². The summed E-state index contributed by atoms with van der Waals surface area (Å²) in [5, 5.41) is 22.4. The molecule has 1 aromatic carbocycles. The van der Waals surface area contributed by atoms with E-state index in [1.54, 1.807) is 34.6 Å². The van der Waals surface area contributed by atoms with Crippen molar-refractivity contribution in [2.45, 2.75) is 118 Å². The van der Waals surface area contributed by atoms with E-state index in [1.165, 1.54) is 0 Å². The molecule has 1 rings (SSSR count). The van der Waals surface area contributed by atoms with E-state index in [1.807, 2.05) is 71.9 Å². The third kappa shape index (κ3) is 14.2. The SMILES string of the molecule is CC(C)[C@H](NC(=O)OC(C)(C)C)C(=O)N[C@@H](Cc1ccccc1)[C@H](O)CNC(=O)C[C@@H](C(=O)NC(C)(C)C)C(C)(C)C. The fraction of sp³-hybridized carbons (Fsp3) is 0.688. The molecule has 0 radical (unpaired) electrons. The van der Waals surface area contributed by atoms with Crippen molar-refractivity contribution in [3.63, 3.8) is 0 Å². The molecular formula is C32H54N4O6. The Bertz CT molecular complexity index is 1040. The van der Waals surface area contributed by atoms with Gasteiger partial charge in [-0.1, -0.05) is 65.0 Å². The van der Waals surface area contributed by atoms with Crippen LogP contribution in [-0.4, -0.2) is 64.8 Å². The lowest BCUT2D eigenvalue weighted by Crippen LogP contribution is -2.57. The maximum Gasteiger partial charge on any atom is 0.408 e. The van der Waals surface area contributed by atoms with Crippen LogP contribution in [0.1, 0.15) is 88.1 Å². The van der Waals surface area contributed by atoms with Crippen molar-refractivity contribution in [1.82, 2.24) is 21.3 Å². The van der Waals surface area contributed by atoms with Crippen LogP contribution in [0.5, 0.6) is 0 Å². The Morgan fingerprint density at radius 3 is 1.90 bits per heavy atom. The van der Waals surface area contributed by atoms with Gasteiger partial charge in [-0.05, 0) is 64.9 Å². The first-order valence-electron chi connectivity index (χ1n) is 14.7. The van der Waals surface area contributed by atoms with Gasteiger partial charge in [0.1, 0.15) is 11.6 Å². The summed E-state index contributed by atoms with van der Waals surface area (Å²) < 4.78 is 5.32. The number of benzene rings is 1. The molecule has 42 heavy (non-hydrogen) atoms. The van der Waals surface area contributed by atoms with E-state index in [0.29, 0.717) is 6.42 Å². The second kappa shape index (κ2) is 15.4. The van der Waals surface area contributed by atoms with Crippen LogP contribution in [0.2, 0.25) is 0 Å². The van der Waals surface area contributed by atoms with E-state index in [2.05, 4.69) is 21.3 Å². The van der Waals surface area contributed by atoms with Crippen molar-refractivity contribution in [1.29, 1.82) is 0 Å². The number of nitrogens with one attached hydrogen (secondary N) is 4. The predicted molar refractivity (Wildman–Crippen MR) is 165 cm³/mol. The van der Waals surface area contributed by atoms with Gasteiger partial charge in [0.2, 0.25) is 17.7 Å². The molecule has 0 aliphatic rings. The topological polar surface area (TPSA) is 146 Å². The fourth-order valence-electron chi connectivity index (χ4n) is 4.26. The number of hydrogen-bond acceptors (Lipinski definition) is 6. The summed E-state index contributed by atoms with van der Waals surface area (Å²) in [5.74, 6) is -1.92. The second-order valence-electron chi connectivity index (χ2n) is 14.4. The Labute approximate surface area is 252 Å². The van der Waals surface area contributed by atoms with E-state index in [4.69, 9.17) is 4.74 Å². The lowest BCUT2D eigenvalue weighted by atomic mass is 9.77. The summed E-state index contributed by atoms with van der Waals surface area (Å²) in [6.45, 7) is 20.0. The molecule has 10 nitrogen and oxygen atoms in total. The minimum Gasteiger partial charge on any atom is -0.444 e. The van der Waals surface area contributed by atoms with Crippen LogP contribution in [0.15, 0.2) is 30.3 Å². The van der Waals surface area contributed by atoms with E-state index in [-0.39, 0.29) is 30.7 Å². The number of aliphatic hydroxyl groups is 1. The number of carbonyl (C=O) groups is 4. The zero-order chi connectivity index (χ0) is 32.5. The van der Waals surface area contributed by atoms with Gasteiger partial charge in [-0.25, -0.2) is 4.79 Å². The molecule has 4 amide bonds. The Morgan fingerprint density at radius 1 is 0.857 bits per heavy atom. The number of aliphatic hydroxyl groups excluding tert-OH is 1. The summed E-state index contributed by atoms with van der Waals surface area (Å²) in [6.07, 6.45) is -1.63. The molecule has 0 unspecified atom stereocenters. The molecular weight excluding hydrogens is 536 g/mol. The number of alkyl carbamates (subject to hydrolysis) is 1. The van der Waals surface area contributed by atoms with Crippen molar-refractivity contribution in [2.24, 2.45) is 17.3 Å². The molecule has 0 aromatic heterocycles. The lowest BCUT2D eigenvalue weighted by Gasteiger charge is -2.32. The number of rotatable bonds is 12. The van der Waals surface area contributed by atoms with Crippen molar-refractivity contribution in [2.75, 3.05) is 6.54 Å². The Kier molecular flexibility index (Phi) is 13.5. The molecule has 0 saturated heterocycles. The smallest absolute Gasteiger partial charge is 0.408 e. The highest BCUT2D eigenvalue weighted by atomic mass is 16.6. The van der Waals surface area contributed by atoms with Gasteiger partial charge >= 0.3 is 6.09 Å². The van der Waals surface area contributed by atoms with Gasteiger partial charge in [-0.15, -0.1) is 0 Å². The summed E-state index contributed by atoms with van der Waals surface area (Å²) in [4.78, 5) is 51.7. The fourth-order valence-corrected chi connectivity index (χ4v) is 4.26. The van der Waals surface area contributed by atoms with Crippen LogP contribution < -0.4 is 21.3 Å². The predicted octanol–water partition coefficient (Wildman–Crippen LogP) is 3.71. The maximum absolute atomic E-state index is 13.3. The van der Waals surface area contributed by atoms with Gasteiger partial charge in [0.25, 0.3) is 0 Å². The molecule has 1 aromatic rings. The molecule has 0 aliphatic heterocycles. The first kappa shape index (κ1) is 36.9. The van der Waals surface area contributed by atoms with Crippen molar-refractivity contribution in [3.05, 3.63) is 35.9 Å². The maximum atomic E-state index is 13.3. The number of ether oxygens (including phenoxy) is 1. The first-order chi connectivity index (χ1) is 19.1. The average Bonchev–Trinajstić information content (AvgIpc) is 2.81. The van der Waals surface area contributed by atoms with Crippen molar-refractivity contribution < 1.29 is 29.0 Å². The summed E-state index contributed by atoms with van der Waals surface area (Å²) in [6, 6.07) is 7.67. The van der Waals surface area contributed by atoms with E-state index in [9.17, 15) is 24.3 Å². The summed E-state index contributed by atoms with van der Waals surface area (Å²) in [5.41, 5.74) is -0.767. The molecule has 0 fully saturated rings. The van der Waals surface area contributed by atoms with Gasteiger partial charge in [0.05, 0.1) is 18.1 Å². The van der Waals surface area contributed by atoms with E-state index in [0.717, 1.165) is 5.56 Å². The van der Waals surface area contributed by atoms with E-state index < -0.39 is 52.7 Å². The quantitative estimate of drug-likeness (QED) is 0.251. The molecule has 0 bridgehead atoms. The van der Waals surface area contributed by atoms with Gasteiger partial charge in [0.15, 0.2) is 0 Å². The highest BCUT2D eigenvalue weighted by Gasteiger charge is 2.35. The monoisotopic (exact) mass is 590 g/mol. The van der Waals surface area contributed by atoms with E-state index >= 15 is 0 Å². The standard InChI is InChI=1S/C32H54N4O6/c1-20(2)26(35-29(41)42-32(9,10)11)28(40)34-23(17-21-15-13-12-14-16-21)24(37)19-33-25(38)18-22(30(3,4)5)27(39)36-31(6,7)8/h12-16,20,22-24,26,37H,17-19H2,1-11H3,(H,33,38)(H,34,40)(H,35,41)(H,36,39)/t22-,23-,24+,26-/m0/s1. The van der Waals surface area contributed by atoms with Crippen LogP contribution in [0.3, 0.4) is 0 Å². The Balaban J connectivity index is 3.03. The van der Waals surface area contributed by atoms with Crippen molar-refractivity contribution >= 4 is 23.8 Å². The molecule has 0 aliphatic carbocycles. The minimum atomic E-state index is -1.15. The molecule has 0 saturated carbocycles. The summed E-state index contributed by atoms with van der Waals surface area (Å²) >= 11 is 0. The number of amides is 4. The Hall–Kier alpha value is -3.14. The van der Waals surface area contributed by atoms with Gasteiger partial charge in [-0.2, -0.15) is 0 Å². The Morgan fingerprint density at radius 2 is 1.43 bits per heavy atom. The van der Waals surface area contributed by atoms with Gasteiger partial charge in [0, 0.05) is 18.5 Å². The largest absolute Gasteiger partial charge is 0.444 e. The highest BCUT2D eigenvalue weighted by molar-refractivity contribution is 5.87. The molecule has 238 valence electrons. The average molecular weight is 591 g/mol. The van der Waals surface area contributed by atoms with Crippen LogP contribution in [0.25, 0.3) is 0 Å². The lowest BCUT2D eigenvalue weighted by molar-refractivity contribution is -0.135. The normalized spacial score (nSPS) is 15.2. The molecule has 10 heteroatoms. The van der Waals surface area contributed by atoms with Gasteiger partial charge in [-0.3, -0.25) is 14.4 Å². The van der Waals surface area contributed by atoms with Crippen molar-refractivity contribution in [3.8, 4) is 0 Å². The minimum absolute atomic E-state index is 0.0525. The molecule has 0 heterocycles. The number of hydrogen-bond donors (Lipinski definition) is 5. The van der Waals surface area contributed by atoms with Crippen LogP contribution in [-0.2, 0) is 25.5 Å². The summed E-state index contributed by atoms with van der Waals surface area (Å²) in [7, 11) is 0. The molecule has 5 N–H and O–H groups in total. The highest BCUT2D eigenvalue weighted by Crippen LogP contribution is 2.29. The van der Waals surface area contributed by atoms with Crippen LogP contribution in [0.4, 0.5) is 4.79 Å². The zero-order valence-electron chi connectivity index (χ0n) is 27.4.